The number of hydrogen-bond acceptors (Lipinski definition) is 10. The molecule has 5 aliphatic rings. The minimum atomic E-state index is -0.834. The number of piperazine rings is 1. The van der Waals surface area contributed by atoms with Gasteiger partial charge in [0.1, 0.15) is 23.8 Å². The zero-order valence-corrected chi connectivity index (χ0v) is 23.9. The smallest absolute Gasteiger partial charge is 0.319 e. The summed E-state index contributed by atoms with van der Waals surface area (Å²) in [5, 5.41) is 3.56. The van der Waals surface area contributed by atoms with Crippen LogP contribution in [-0.2, 0) is 0 Å². The van der Waals surface area contributed by atoms with Crippen molar-refractivity contribution in [1.82, 2.24) is 30.2 Å². The highest BCUT2D eigenvalue weighted by Gasteiger charge is 2.49. The number of aromatic nitrogens is 4. The third-order valence-corrected chi connectivity index (χ3v) is 10.3. The standard InChI is InChI=1S/C31H34F2N8O2/c32-17-11-31(8-1-9-40(31)14-17)15-42-30-36-23-10-21(20-6-7-22(33)27-25(20)38-29(34)43-27)24(16-2-3-16)37-26(23)28(39-30)41-18-4-5-19(41)13-35-12-18/h6-7,10,16-19,35H,1-5,8-9,11-15H2,(H2,34,38)/t17-,18?,19?,31+/m1/s1. The minimum Gasteiger partial charge on any atom is -0.461 e. The van der Waals surface area contributed by atoms with Crippen molar-refractivity contribution >= 4 is 34.0 Å². The lowest BCUT2D eigenvalue weighted by atomic mass is 9.95. The highest BCUT2D eigenvalue weighted by molar-refractivity contribution is 5.97. The molecule has 0 amide bonds. The molecule has 0 radical (unpaired) electrons. The molecule has 4 atom stereocenters. The van der Waals surface area contributed by atoms with E-state index in [4.69, 9.17) is 29.8 Å². The number of oxazole rings is 1. The molecule has 5 fully saturated rings. The highest BCUT2D eigenvalue weighted by Crippen LogP contribution is 2.47. The fraction of sp³-hybridized carbons (Fsp3) is 0.548. The number of nitrogens with two attached hydrogens (primary N) is 1. The predicted molar refractivity (Wildman–Crippen MR) is 157 cm³/mol. The minimum absolute atomic E-state index is 0.0322. The molecule has 3 N–H and O–H groups in total. The van der Waals surface area contributed by atoms with Crippen molar-refractivity contribution in [3.63, 3.8) is 0 Å². The van der Waals surface area contributed by atoms with Gasteiger partial charge in [-0.25, -0.2) is 13.8 Å². The summed E-state index contributed by atoms with van der Waals surface area (Å²) >= 11 is 0. The van der Waals surface area contributed by atoms with Crippen LogP contribution >= 0.6 is 0 Å². The molecule has 1 aliphatic carbocycles. The average Bonchev–Trinajstić information content (AvgIpc) is 3.45. The van der Waals surface area contributed by atoms with Crippen LogP contribution < -0.4 is 20.7 Å². The number of halogens is 2. The van der Waals surface area contributed by atoms with Crippen molar-refractivity contribution in [2.24, 2.45) is 0 Å². The molecule has 0 spiro atoms. The van der Waals surface area contributed by atoms with E-state index in [1.807, 2.05) is 6.07 Å². The number of anilines is 2. The van der Waals surface area contributed by atoms with Crippen LogP contribution in [0.1, 0.15) is 56.6 Å². The molecule has 2 unspecified atom stereocenters. The molecule has 1 aromatic carbocycles. The molecule has 43 heavy (non-hydrogen) atoms. The Labute approximate surface area is 247 Å². The summed E-state index contributed by atoms with van der Waals surface area (Å²) in [7, 11) is 0. The first-order valence-electron chi connectivity index (χ1n) is 15.5. The van der Waals surface area contributed by atoms with Crippen molar-refractivity contribution in [1.29, 1.82) is 0 Å². The monoisotopic (exact) mass is 588 g/mol. The third kappa shape index (κ3) is 4.09. The predicted octanol–water partition coefficient (Wildman–Crippen LogP) is 4.33. The summed E-state index contributed by atoms with van der Waals surface area (Å²) in [6.45, 7) is 3.50. The number of rotatable bonds is 6. The number of hydrogen-bond donors (Lipinski definition) is 2. The number of fused-ring (bicyclic) bond motifs is 5. The number of nitrogens with one attached hydrogen (secondary N) is 1. The van der Waals surface area contributed by atoms with Gasteiger partial charge >= 0.3 is 6.01 Å². The van der Waals surface area contributed by atoms with Crippen molar-refractivity contribution in [2.45, 2.75) is 74.7 Å². The van der Waals surface area contributed by atoms with Crippen LogP contribution in [0.5, 0.6) is 6.01 Å². The van der Waals surface area contributed by atoms with E-state index < -0.39 is 12.0 Å². The summed E-state index contributed by atoms with van der Waals surface area (Å²) in [5.74, 6) is 0.575. The Morgan fingerprint density at radius 2 is 1.88 bits per heavy atom. The normalized spacial score (nSPS) is 28.8. The summed E-state index contributed by atoms with van der Waals surface area (Å²) in [6.07, 6.45) is 5.83. The molecule has 1 saturated carbocycles. The van der Waals surface area contributed by atoms with Crippen molar-refractivity contribution < 1.29 is 17.9 Å². The van der Waals surface area contributed by atoms with Crippen LogP contribution in [0.15, 0.2) is 22.6 Å². The summed E-state index contributed by atoms with van der Waals surface area (Å²) in [4.78, 5) is 24.2. The Morgan fingerprint density at radius 3 is 2.70 bits per heavy atom. The van der Waals surface area contributed by atoms with E-state index in [2.05, 4.69) is 20.1 Å². The summed E-state index contributed by atoms with van der Waals surface area (Å²) in [6, 6.07) is 5.95. The van der Waals surface area contributed by atoms with Gasteiger partial charge in [0, 0.05) is 55.2 Å². The van der Waals surface area contributed by atoms with Gasteiger partial charge in [-0.2, -0.15) is 15.0 Å². The fourth-order valence-electron chi connectivity index (χ4n) is 8.15. The fourth-order valence-corrected chi connectivity index (χ4v) is 8.15. The van der Waals surface area contributed by atoms with E-state index in [0.717, 1.165) is 80.8 Å². The van der Waals surface area contributed by atoms with Gasteiger partial charge in [-0.1, -0.05) is 0 Å². The molecule has 4 aromatic rings. The molecule has 9 rings (SSSR count). The SMILES string of the molecule is Nc1nc2c(-c3cc4nc(OC[C@@]56CCCN5C[C@H](F)C6)nc(N5C6CCC5CNC6)c4nc3C3CC3)ccc(F)c2o1. The Balaban J connectivity index is 1.20. The Hall–Kier alpha value is -3.64. The third-order valence-electron chi connectivity index (χ3n) is 10.3. The number of nitrogens with zero attached hydrogens (tertiary/aromatic N) is 6. The zero-order valence-electron chi connectivity index (χ0n) is 23.9. The summed E-state index contributed by atoms with van der Waals surface area (Å²) < 4.78 is 41.0. The highest BCUT2D eigenvalue weighted by atomic mass is 19.1. The number of pyridine rings is 1. The number of alkyl halides is 1. The molecule has 3 aromatic heterocycles. The molecule has 224 valence electrons. The van der Waals surface area contributed by atoms with Crippen molar-refractivity contribution in [3.8, 4) is 17.1 Å². The van der Waals surface area contributed by atoms with E-state index in [0.29, 0.717) is 48.3 Å². The maximum absolute atomic E-state index is 14.7. The molecule has 2 bridgehead atoms. The molecule has 4 saturated heterocycles. The molecular weight excluding hydrogens is 554 g/mol. The number of ether oxygens (including phenoxy) is 1. The van der Waals surface area contributed by atoms with Crippen LogP contribution in [-0.4, -0.2) is 81.4 Å². The first-order chi connectivity index (χ1) is 21.0. The van der Waals surface area contributed by atoms with Crippen molar-refractivity contribution in [2.75, 3.05) is 43.4 Å². The second-order valence-electron chi connectivity index (χ2n) is 13.0. The van der Waals surface area contributed by atoms with Crippen LogP contribution in [0.3, 0.4) is 0 Å². The topological polar surface area (TPSA) is 118 Å². The molecule has 4 aliphatic heterocycles. The number of nitrogen functional groups attached to an aromatic ring is 1. The quantitative estimate of drug-likeness (QED) is 0.337. The van der Waals surface area contributed by atoms with Gasteiger partial charge in [0.2, 0.25) is 0 Å². The van der Waals surface area contributed by atoms with Gasteiger partial charge < -0.3 is 25.1 Å². The van der Waals surface area contributed by atoms with Gasteiger partial charge in [-0.05, 0) is 63.3 Å². The average molecular weight is 589 g/mol. The lowest BCUT2D eigenvalue weighted by Crippen LogP contribution is -2.52. The van der Waals surface area contributed by atoms with E-state index in [1.54, 1.807) is 6.07 Å². The van der Waals surface area contributed by atoms with E-state index in [-0.39, 0.29) is 29.1 Å². The summed E-state index contributed by atoms with van der Waals surface area (Å²) in [5.41, 5.74) is 9.83. The molecular formula is C31H34F2N8O2. The maximum Gasteiger partial charge on any atom is 0.319 e. The lowest BCUT2D eigenvalue weighted by molar-refractivity contribution is 0.107. The Bertz CT molecular complexity index is 1750. The van der Waals surface area contributed by atoms with Gasteiger partial charge in [-0.3, -0.25) is 4.90 Å². The zero-order chi connectivity index (χ0) is 28.9. The van der Waals surface area contributed by atoms with E-state index in [9.17, 15) is 8.78 Å². The van der Waals surface area contributed by atoms with Crippen LogP contribution in [0.25, 0.3) is 33.3 Å². The van der Waals surface area contributed by atoms with E-state index in [1.165, 1.54) is 6.07 Å². The van der Waals surface area contributed by atoms with Gasteiger partial charge in [-0.15, -0.1) is 0 Å². The number of benzene rings is 1. The second kappa shape index (κ2) is 9.43. The van der Waals surface area contributed by atoms with Crippen LogP contribution in [0.4, 0.5) is 20.6 Å². The van der Waals surface area contributed by atoms with E-state index >= 15 is 0 Å². The van der Waals surface area contributed by atoms with Crippen LogP contribution in [0.2, 0.25) is 0 Å². The Kier molecular flexibility index (Phi) is 5.66. The Morgan fingerprint density at radius 1 is 1.05 bits per heavy atom. The first kappa shape index (κ1) is 25.8. The molecule has 7 heterocycles. The van der Waals surface area contributed by atoms with Gasteiger partial charge in [0.25, 0.3) is 6.01 Å². The second-order valence-corrected chi connectivity index (χ2v) is 13.0. The van der Waals surface area contributed by atoms with Gasteiger partial charge in [0.05, 0.1) is 16.7 Å². The maximum atomic E-state index is 14.7. The van der Waals surface area contributed by atoms with Crippen molar-refractivity contribution in [3.05, 3.63) is 29.7 Å². The molecule has 10 nitrogen and oxygen atoms in total. The first-order valence-corrected chi connectivity index (χ1v) is 15.5. The molecule has 12 heteroatoms. The van der Waals surface area contributed by atoms with Crippen LogP contribution in [0, 0.1) is 5.82 Å². The van der Waals surface area contributed by atoms with Gasteiger partial charge in [0.15, 0.2) is 17.2 Å². The lowest BCUT2D eigenvalue weighted by Gasteiger charge is -2.36. The largest absolute Gasteiger partial charge is 0.461 e.